The molecule has 2 aromatic rings. The fourth-order valence-electron chi connectivity index (χ4n) is 3.40. The molecule has 2 N–H and O–H groups in total. The predicted octanol–water partition coefficient (Wildman–Crippen LogP) is 4.37. The number of hydrogen-bond acceptors (Lipinski definition) is 5. The minimum atomic E-state index is -0.438. The highest BCUT2D eigenvalue weighted by atomic mass is 16.5. The lowest BCUT2D eigenvalue weighted by Crippen LogP contribution is -2.27. The third kappa shape index (κ3) is 5.08. The summed E-state index contributed by atoms with van der Waals surface area (Å²) in [5, 5.41) is 9.82. The van der Waals surface area contributed by atoms with Crippen LogP contribution in [0, 0.1) is 5.41 Å². The van der Waals surface area contributed by atoms with Gasteiger partial charge in [0, 0.05) is 11.6 Å². The highest BCUT2D eigenvalue weighted by Gasteiger charge is 2.20. The summed E-state index contributed by atoms with van der Waals surface area (Å²) >= 11 is 0. The Bertz CT molecular complexity index is 776. The average molecular weight is 367 g/mol. The van der Waals surface area contributed by atoms with Crippen molar-refractivity contribution >= 4 is 18.2 Å². The van der Waals surface area contributed by atoms with Crippen LogP contribution in [0.5, 0.6) is 5.75 Å². The number of carbonyl (C=O) groups excluding carboxylic acids is 1. The summed E-state index contributed by atoms with van der Waals surface area (Å²) in [5.74, 6) is 0.593. The minimum Gasteiger partial charge on any atom is -0.449 e. The van der Waals surface area contributed by atoms with Gasteiger partial charge in [0.05, 0.1) is 12.3 Å². The molecule has 0 spiro atoms. The number of anilines is 1. The summed E-state index contributed by atoms with van der Waals surface area (Å²) in [7, 11) is 2.12. The SMILES string of the molecule is CN1CCCC1CCOC(=O)Nc1ccccc1-c1ccc(OC=N)cc1. The first-order valence-corrected chi connectivity index (χ1v) is 9.16. The molecule has 0 aromatic heterocycles. The normalized spacial score (nSPS) is 16.7. The van der Waals surface area contributed by atoms with Gasteiger partial charge in [-0.1, -0.05) is 30.3 Å². The number of para-hydroxylation sites is 1. The van der Waals surface area contributed by atoms with Crippen LogP contribution in [0.2, 0.25) is 0 Å². The van der Waals surface area contributed by atoms with Gasteiger partial charge in [0.25, 0.3) is 0 Å². The summed E-state index contributed by atoms with van der Waals surface area (Å²) in [6, 6.07) is 15.4. The number of likely N-dealkylation sites (tertiary alicyclic amines) is 1. The zero-order valence-electron chi connectivity index (χ0n) is 15.5. The van der Waals surface area contributed by atoms with Gasteiger partial charge in [0.15, 0.2) is 6.40 Å². The van der Waals surface area contributed by atoms with Crippen LogP contribution in [-0.4, -0.2) is 43.6 Å². The van der Waals surface area contributed by atoms with Crippen LogP contribution in [0.4, 0.5) is 10.5 Å². The molecule has 1 unspecified atom stereocenters. The van der Waals surface area contributed by atoms with E-state index in [4.69, 9.17) is 14.9 Å². The summed E-state index contributed by atoms with van der Waals surface area (Å²) in [6.45, 7) is 1.53. The molecular formula is C21H25N3O3. The average Bonchev–Trinajstić information content (AvgIpc) is 3.08. The van der Waals surface area contributed by atoms with Gasteiger partial charge in [-0.2, -0.15) is 0 Å². The van der Waals surface area contributed by atoms with E-state index in [1.54, 1.807) is 12.1 Å². The Morgan fingerprint density at radius 3 is 2.74 bits per heavy atom. The smallest absolute Gasteiger partial charge is 0.411 e. The number of amides is 1. The Balaban J connectivity index is 1.59. The van der Waals surface area contributed by atoms with E-state index in [9.17, 15) is 4.79 Å². The second-order valence-corrected chi connectivity index (χ2v) is 6.63. The molecular weight excluding hydrogens is 342 g/mol. The van der Waals surface area contributed by atoms with E-state index in [1.165, 1.54) is 12.8 Å². The van der Waals surface area contributed by atoms with E-state index in [2.05, 4.69) is 17.3 Å². The molecule has 1 aliphatic rings. The van der Waals surface area contributed by atoms with Gasteiger partial charge >= 0.3 is 6.09 Å². The van der Waals surface area contributed by atoms with Crippen LogP contribution in [0.1, 0.15) is 19.3 Å². The van der Waals surface area contributed by atoms with Gasteiger partial charge in [0.2, 0.25) is 0 Å². The highest BCUT2D eigenvalue weighted by molar-refractivity contribution is 5.91. The number of rotatable bonds is 7. The summed E-state index contributed by atoms with van der Waals surface area (Å²) in [4.78, 5) is 14.5. The minimum absolute atomic E-state index is 0.415. The molecule has 0 saturated carbocycles. The molecule has 1 atom stereocenters. The number of benzene rings is 2. The molecule has 1 saturated heterocycles. The van der Waals surface area contributed by atoms with Crippen LogP contribution in [0.3, 0.4) is 0 Å². The van der Waals surface area contributed by atoms with Gasteiger partial charge < -0.3 is 14.4 Å². The van der Waals surface area contributed by atoms with Crippen molar-refractivity contribution in [3.8, 4) is 16.9 Å². The van der Waals surface area contributed by atoms with E-state index in [1.807, 2.05) is 36.4 Å². The second-order valence-electron chi connectivity index (χ2n) is 6.63. The lowest BCUT2D eigenvalue weighted by Gasteiger charge is -2.19. The maximum Gasteiger partial charge on any atom is 0.411 e. The molecule has 1 aliphatic heterocycles. The van der Waals surface area contributed by atoms with Crippen molar-refractivity contribution in [1.82, 2.24) is 4.90 Å². The van der Waals surface area contributed by atoms with Crippen molar-refractivity contribution in [3.63, 3.8) is 0 Å². The van der Waals surface area contributed by atoms with Crippen LogP contribution in [0.15, 0.2) is 48.5 Å². The summed E-state index contributed by atoms with van der Waals surface area (Å²) in [6.07, 6.45) is 3.70. The predicted molar refractivity (Wildman–Crippen MR) is 107 cm³/mol. The van der Waals surface area contributed by atoms with Crippen molar-refractivity contribution in [2.45, 2.75) is 25.3 Å². The van der Waals surface area contributed by atoms with Crippen LogP contribution >= 0.6 is 0 Å². The maximum absolute atomic E-state index is 12.2. The highest BCUT2D eigenvalue weighted by Crippen LogP contribution is 2.29. The molecule has 3 rings (SSSR count). The van der Waals surface area contributed by atoms with Crippen LogP contribution < -0.4 is 10.1 Å². The Morgan fingerprint density at radius 2 is 2.04 bits per heavy atom. The molecule has 2 aromatic carbocycles. The second kappa shape index (κ2) is 9.19. The first-order chi connectivity index (χ1) is 13.2. The zero-order valence-corrected chi connectivity index (χ0v) is 15.5. The third-order valence-corrected chi connectivity index (χ3v) is 4.88. The van der Waals surface area contributed by atoms with Crippen molar-refractivity contribution < 1.29 is 14.3 Å². The van der Waals surface area contributed by atoms with E-state index < -0.39 is 6.09 Å². The lowest BCUT2D eigenvalue weighted by molar-refractivity contribution is 0.147. The van der Waals surface area contributed by atoms with Crippen molar-refractivity contribution in [2.24, 2.45) is 0 Å². The molecule has 1 heterocycles. The fraction of sp³-hybridized carbons (Fsp3) is 0.333. The Labute approximate surface area is 159 Å². The Kier molecular flexibility index (Phi) is 6.44. The first kappa shape index (κ1) is 18.9. The molecule has 6 nitrogen and oxygen atoms in total. The molecule has 1 fully saturated rings. The zero-order chi connectivity index (χ0) is 19.1. The van der Waals surface area contributed by atoms with Gasteiger partial charge in [0.1, 0.15) is 5.75 Å². The molecule has 1 amide bonds. The van der Waals surface area contributed by atoms with Gasteiger partial charge in [-0.05, 0) is 56.6 Å². The number of ether oxygens (including phenoxy) is 2. The monoisotopic (exact) mass is 367 g/mol. The van der Waals surface area contributed by atoms with Crippen molar-refractivity contribution in [1.29, 1.82) is 5.41 Å². The van der Waals surface area contributed by atoms with Crippen LogP contribution in [-0.2, 0) is 4.74 Å². The van der Waals surface area contributed by atoms with Gasteiger partial charge in [-0.25, -0.2) is 4.79 Å². The van der Waals surface area contributed by atoms with E-state index >= 15 is 0 Å². The lowest BCUT2D eigenvalue weighted by atomic mass is 10.0. The third-order valence-electron chi connectivity index (χ3n) is 4.88. The number of nitrogens with zero attached hydrogens (tertiary/aromatic N) is 1. The van der Waals surface area contributed by atoms with Crippen molar-refractivity contribution in [2.75, 3.05) is 25.5 Å². The van der Waals surface area contributed by atoms with E-state index in [0.29, 0.717) is 24.1 Å². The molecule has 0 aliphatic carbocycles. The number of nitrogens with one attached hydrogen (secondary N) is 2. The Morgan fingerprint density at radius 1 is 1.26 bits per heavy atom. The van der Waals surface area contributed by atoms with Gasteiger partial charge in [-0.15, -0.1) is 0 Å². The Hall–Kier alpha value is -2.86. The standard InChI is InChI=1S/C21H25N3O3/c1-24-13-4-5-17(24)12-14-26-21(25)23-20-7-3-2-6-19(20)16-8-10-18(11-9-16)27-15-22/h2-3,6-11,15,17,22H,4-5,12-14H2,1H3,(H,23,25). The first-order valence-electron chi connectivity index (χ1n) is 9.16. The number of carbonyl (C=O) groups is 1. The fourth-order valence-corrected chi connectivity index (χ4v) is 3.40. The molecule has 0 bridgehead atoms. The maximum atomic E-state index is 12.2. The molecule has 27 heavy (non-hydrogen) atoms. The quantitative estimate of drug-likeness (QED) is 0.563. The molecule has 0 radical (unpaired) electrons. The largest absolute Gasteiger partial charge is 0.449 e. The summed E-state index contributed by atoms with van der Waals surface area (Å²) < 4.78 is 10.4. The van der Waals surface area contributed by atoms with Crippen molar-refractivity contribution in [3.05, 3.63) is 48.5 Å². The number of hydrogen-bond donors (Lipinski definition) is 2. The van der Waals surface area contributed by atoms with E-state index in [-0.39, 0.29) is 0 Å². The molecule has 142 valence electrons. The van der Waals surface area contributed by atoms with Crippen LogP contribution in [0.25, 0.3) is 11.1 Å². The van der Waals surface area contributed by atoms with E-state index in [0.717, 1.165) is 30.5 Å². The van der Waals surface area contributed by atoms with Gasteiger partial charge in [-0.3, -0.25) is 10.7 Å². The molecule has 6 heteroatoms. The topological polar surface area (TPSA) is 74.7 Å². The summed E-state index contributed by atoms with van der Waals surface area (Å²) in [5.41, 5.74) is 2.53.